The van der Waals surface area contributed by atoms with Crippen LogP contribution in [-0.4, -0.2) is 320 Å². The Bertz CT molecular complexity index is 4250. The molecule has 3 aliphatic rings. The van der Waals surface area contributed by atoms with E-state index in [9.17, 15) is 86.3 Å². The van der Waals surface area contributed by atoms with Gasteiger partial charge in [0.15, 0.2) is 0 Å². The highest BCUT2D eigenvalue weighted by Gasteiger charge is 2.21. The van der Waals surface area contributed by atoms with E-state index in [4.69, 9.17) is 56.8 Å². The van der Waals surface area contributed by atoms with Crippen molar-refractivity contribution in [2.75, 3.05) is 151 Å². The number of carbonyl (C=O) groups is 18. The molecule has 5 rings (SSSR count). The molecule has 6 N–H and O–H groups in total. The van der Waals surface area contributed by atoms with Crippen LogP contribution in [0.25, 0.3) is 0 Å². The number of hydrogen-bond donors (Lipinski definition) is 6. The predicted octanol–water partition coefficient (Wildman–Crippen LogP) is 12.2. The molecule has 0 bridgehead atoms. The number of para-hydroxylation sites is 1. The number of benzene rings is 2. The lowest BCUT2D eigenvalue weighted by Crippen LogP contribution is -2.43. The molecular formula is C103H160N12O30. The highest BCUT2D eigenvalue weighted by atomic mass is 16.6. The number of amides is 12. The summed E-state index contributed by atoms with van der Waals surface area (Å²) in [6, 6.07) is 17.9. The zero-order valence-electron chi connectivity index (χ0n) is 87.8. The molecule has 42 heteroatoms. The second kappa shape index (κ2) is 82.6. The maximum absolute atomic E-state index is 12.0. The summed E-state index contributed by atoms with van der Waals surface area (Å²) in [4.78, 5) is 217. The SMILES string of the molecule is CC(C)OC(=O)/C=C/C(=O)OCCCN(C)C(=O)NCC1CCCCC1.CC(C)OC(=O)/C=C/C(=O)OCCCN(C)C(=O)NCc1ccccc1.CC(C)OC(=O)/C=C/C(=O)OCCCN(C)C(=O)Nc1ccccc1.CC(C)OC(=O)/C=C/C(=O)OCCCNC(=O)N1CCCCC1.CC(C)OC(=O)/C=C/C(=O)OCCCNC(=O)N1CCCCC1.CCN(CC)C(=O)NCCCOC(=O)/C=C/C(=O)OC(C)C. The first-order valence-corrected chi connectivity index (χ1v) is 49.5. The van der Waals surface area contributed by atoms with Gasteiger partial charge in [-0.05, 0) is 210 Å². The van der Waals surface area contributed by atoms with Crippen LogP contribution in [0.1, 0.15) is 212 Å². The summed E-state index contributed by atoms with van der Waals surface area (Å²) < 4.78 is 58.7. The zero-order chi connectivity index (χ0) is 108. The first-order valence-electron chi connectivity index (χ1n) is 49.5. The van der Waals surface area contributed by atoms with Crippen molar-refractivity contribution in [3.8, 4) is 0 Å². The minimum absolute atomic E-state index is 0.0626. The fraction of sp³-hybridized carbons (Fsp3) is 0.592. The van der Waals surface area contributed by atoms with Gasteiger partial charge in [-0.15, -0.1) is 0 Å². The van der Waals surface area contributed by atoms with Crippen LogP contribution in [0.2, 0.25) is 0 Å². The molecule has 42 nitrogen and oxygen atoms in total. The predicted molar refractivity (Wildman–Crippen MR) is 542 cm³/mol. The van der Waals surface area contributed by atoms with Crippen molar-refractivity contribution < 1.29 is 143 Å². The van der Waals surface area contributed by atoms with Gasteiger partial charge in [-0.2, -0.15) is 0 Å². The van der Waals surface area contributed by atoms with Crippen molar-refractivity contribution in [1.82, 2.24) is 56.0 Å². The second-order valence-electron chi connectivity index (χ2n) is 34.4. The van der Waals surface area contributed by atoms with E-state index >= 15 is 0 Å². The van der Waals surface area contributed by atoms with Crippen molar-refractivity contribution in [1.29, 1.82) is 0 Å². The number of likely N-dealkylation sites (tertiary alicyclic amines) is 2. The quantitative estimate of drug-likeness (QED) is 0.0155. The van der Waals surface area contributed by atoms with Crippen LogP contribution in [0, 0.1) is 5.92 Å². The van der Waals surface area contributed by atoms with E-state index in [2.05, 4.69) is 31.9 Å². The fourth-order valence-electron chi connectivity index (χ4n) is 12.2. The number of ether oxygens (including phenoxy) is 12. The number of rotatable bonds is 49. The molecule has 0 aromatic heterocycles. The highest BCUT2D eigenvalue weighted by molar-refractivity contribution is 5.95. The van der Waals surface area contributed by atoms with Crippen LogP contribution in [0.3, 0.4) is 0 Å². The summed E-state index contributed by atoms with van der Waals surface area (Å²) in [6.07, 6.45) is 26.8. The summed E-state index contributed by atoms with van der Waals surface area (Å²) in [5.41, 5.74) is 1.73. The Hall–Kier alpha value is -13.9. The number of nitrogens with one attached hydrogen (secondary N) is 6. The zero-order valence-corrected chi connectivity index (χ0v) is 87.8. The van der Waals surface area contributed by atoms with Gasteiger partial charge in [-0.1, -0.05) is 67.8 Å². The maximum Gasteiger partial charge on any atom is 0.331 e. The molecule has 2 heterocycles. The Morgan fingerprint density at radius 1 is 0.310 bits per heavy atom. The Kier molecular flexibility index (Phi) is 74.7. The van der Waals surface area contributed by atoms with Gasteiger partial charge in [0.1, 0.15) is 0 Å². The number of hydrogen-bond acceptors (Lipinski definition) is 30. The van der Waals surface area contributed by atoms with Crippen molar-refractivity contribution in [3.05, 3.63) is 139 Å². The smallest absolute Gasteiger partial charge is 0.331 e. The molecule has 1 saturated carbocycles. The van der Waals surface area contributed by atoms with E-state index in [-0.39, 0.29) is 112 Å². The average molecular weight is 2050 g/mol. The van der Waals surface area contributed by atoms with Gasteiger partial charge in [0.2, 0.25) is 0 Å². The van der Waals surface area contributed by atoms with Crippen molar-refractivity contribution in [2.24, 2.45) is 5.92 Å². The number of piperidine rings is 2. The fourth-order valence-corrected chi connectivity index (χ4v) is 12.2. The summed E-state index contributed by atoms with van der Waals surface area (Å²) in [6.45, 7) is 33.8. The van der Waals surface area contributed by atoms with Crippen LogP contribution in [0.4, 0.5) is 34.5 Å². The summed E-state index contributed by atoms with van der Waals surface area (Å²) >= 11 is 0. The molecule has 0 unspecified atom stereocenters. The lowest BCUT2D eigenvalue weighted by molar-refractivity contribution is -0.143. The van der Waals surface area contributed by atoms with Crippen LogP contribution in [0.15, 0.2) is 134 Å². The van der Waals surface area contributed by atoms with E-state index in [1.165, 1.54) is 54.7 Å². The van der Waals surface area contributed by atoms with Crippen molar-refractivity contribution in [3.63, 3.8) is 0 Å². The number of urea groups is 6. The largest absolute Gasteiger partial charge is 0.462 e. The Labute approximate surface area is 854 Å². The molecule has 812 valence electrons. The molecule has 3 fully saturated rings. The Balaban J connectivity index is 0.00000172. The molecule has 0 radical (unpaired) electrons. The van der Waals surface area contributed by atoms with Gasteiger partial charge in [0.25, 0.3) is 0 Å². The number of esters is 12. The molecule has 2 aliphatic heterocycles. The van der Waals surface area contributed by atoms with Gasteiger partial charge in [-0.25, -0.2) is 86.3 Å². The average Bonchev–Trinajstić information content (AvgIpc) is 0.926. The third-order valence-electron chi connectivity index (χ3n) is 19.4. The Morgan fingerprint density at radius 2 is 0.572 bits per heavy atom. The molecule has 0 spiro atoms. The lowest BCUT2D eigenvalue weighted by atomic mass is 9.89. The first kappa shape index (κ1) is 131. The van der Waals surface area contributed by atoms with Gasteiger partial charge in [0, 0.05) is 191 Å². The summed E-state index contributed by atoms with van der Waals surface area (Å²) in [7, 11) is 5.05. The van der Waals surface area contributed by atoms with Crippen molar-refractivity contribution >= 4 is 114 Å². The molecular weight excluding hydrogens is 1890 g/mol. The normalized spacial score (nSPS) is 12.7. The molecule has 2 aromatic rings. The standard InChI is InChI=1S/C19H32N2O5.C19H26N2O5.C18H24N2O5.2C16H26N2O5.C15H26N2O5/c2*1-15(2)26-18(23)11-10-17(22)25-13-7-12-21(3)19(24)20-14-16-8-5-4-6-9-16;1-14(2)25-17(22)11-10-16(21)24-13-7-12-20(3)18(23)19-15-8-5-4-6-9-15;2*1-13(2)23-15(20)8-7-14(19)22-12-6-9-17-16(21)18-10-4-3-5-11-18;1-5-17(6-2)15(20)16-10-7-11-21-13(18)8-9-14(19)22-12(3)4/h10-11,15-16H,4-9,12-14H2,1-3H3,(H,20,24);4-6,8-11,15H,7,12-14H2,1-3H3,(H,20,24);4-6,8-11,14H,7,12-13H2,1-3H3,(H,19,23);2*7-8,13H,3-6,9-12H2,1-2H3,(H,17,21);8-9,12H,5-7,10-11H2,1-4H3,(H,16,20)/b3*11-10+;2*8-7+;9-8+. The van der Waals surface area contributed by atoms with Crippen LogP contribution >= 0.6 is 0 Å². The molecule has 12 amide bonds. The van der Waals surface area contributed by atoms with E-state index in [0.29, 0.717) is 109 Å². The lowest BCUT2D eigenvalue weighted by Gasteiger charge is -2.26. The number of anilines is 1. The van der Waals surface area contributed by atoms with Gasteiger partial charge < -0.3 is 118 Å². The monoisotopic (exact) mass is 2050 g/mol. The molecule has 2 aromatic carbocycles. The van der Waals surface area contributed by atoms with Crippen LogP contribution in [0.5, 0.6) is 0 Å². The summed E-state index contributed by atoms with van der Waals surface area (Å²) in [5.74, 6) is -6.58. The highest BCUT2D eigenvalue weighted by Crippen LogP contribution is 2.23. The molecule has 0 atom stereocenters. The second-order valence-corrected chi connectivity index (χ2v) is 34.4. The number of nitrogens with zero attached hydrogens (tertiary/aromatic N) is 6. The van der Waals surface area contributed by atoms with Crippen LogP contribution in [-0.2, 0) is 121 Å². The minimum Gasteiger partial charge on any atom is -0.462 e. The molecule has 2 saturated heterocycles. The topological polar surface area (TPSA) is 510 Å². The van der Waals surface area contributed by atoms with E-state index in [0.717, 1.165) is 137 Å². The first-order chi connectivity index (χ1) is 69.0. The van der Waals surface area contributed by atoms with Gasteiger partial charge >= 0.3 is 108 Å². The van der Waals surface area contributed by atoms with Crippen LogP contribution < -0.4 is 31.9 Å². The summed E-state index contributed by atoms with van der Waals surface area (Å²) in [5, 5.41) is 16.9. The van der Waals surface area contributed by atoms with Gasteiger partial charge in [0.05, 0.1) is 76.3 Å². The third kappa shape index (κ3) is 76.5. The maximum atomic E-state index is 12.0. The number of carbonyl (C=O) groups excluding carboxylic acids is 18. The van der Waals surface area contributed by atoms with E-state index in [1.807, 2.05) is 62.4 Å². The van der Waals surface area contributed by atoms with E-state index in [1.54, 1.807) is 136 Å². The van der Waals surface area contributed by atoms with E-state index < -0.39 is 71.6 Å². The minimum atomic E-state index is -0.628. The van der Waals surface area contributed by atoms with Crippen molar-refractivity contribution in [2.45, 2.75) is 249 Å². The third-order valence-corrected chi connectivity index (χ3v) is 19.4. The Morgan fingerprint density at radius 3 is 0.869 bits per heavy atom. The van der Waals surface area contributed by atoms with Gasteiger partial charge in [-0.3, -0.25) is 0 Å². The molecule has 145 heavy (non-hydrogen) atoms. The molecule has 1 aliphatic carbocycles.